The molecule has 4 N–H and O–H groups in total. The number of hydrogen-bond donors (Lipinski definition) is 3. The summed E-state index contributed by atoms with van der Waals surface area (Å²) in [6.45, 7) is 0.0376. The standard InChI is InChI=1S/C12H13F3N2O2/c13-12(14,15)9-5-7(6-17)1-2-8(9)11(19)10(18)3-4-16/h1-2,5,10-11,18-19H,3-4,16H2. The third kappa shape index (κ3) is 3.67. The van der Waals surface area contributed by atoms with Gasteiger partial charge in [-0.1, -0.05) is 6.07 Å². The second kappa shape index (κ2) is 6.02. The molecule has 0 aliphatic rings. The first kappa shape index (κ1) is 15.4. The number of nitrogens with two attached hydrogens (primary N) is 1. The molecule has 0 heterocycles. The first-order chi connectivity index (χ1) is 8.81. The van der Waals surface area contributed by atoms with Crippen LogP contribution in [0.4, 0.5) is 13.2 Å². The van der Waals surface area contributed by atoms with Crippen LogP contribution in [0.15, 0.2) is 18.2 Å². The summed E-state index contributed by atoms with van der Waals surface area (Å²) in [5.41, 5.74) is 3.41. The van der Waals surface area contributed by atoms with Crippen molar-refractivity contribution >= 4 is 0 Å². The Bertz CT molecular complexity index is 483. The van der Waals surface area contributed by atoms with E-state index < -0.39 is 29.5 Å². The molecule has 1 aromatic rings. The van der Waals surface area contributed by atoms with Gasteiger partial charge in [0.25, 0.3) is 0 Å². The summed E-state index contributed by atoms with van der Waals surface area (Å²) in [7, 11) is 0. The van der Waals surface area contributed by atoms with Crippen LogP contribution in [0.3, 0.4) is 0 Å². The molecule has 0 spiro atoms. The molecule has 7 heteroatoms. The summed E-state index contributed by atoms with van der Waals surface area (Å²) >= 11 is 0. The van der Waals surface area contributed by atoms with Crippen molar-refractivity contribution in [1.82, 2.24) is 0 Å². The van der Waals surface area contributed by atoms with E-state index in [1.54, 1.807) is 6.07 Å². The highest BCUT2D eigenvalue weighted by Crippen LogP contribution is 2.36. The van der Waals surface area contributed by atoms with Crippen LogP contribution in [0.5, 0.6) is 0 Å². The van der Waals surface area contributed by atoms with E-state index in [2.05, 4.69) is 0 Å². The minimum Gasteiger partial charge on any atom is -0.390 e. The number of nitrogens with zero attached hydrogens (tertiary/aromatic N) is 1. The van der Waals surface area contributed by atoms with E-state index >= 15 is 0 Å². The summed E-state index contributed by atoms with van der Waals surface area (Å²) in [5.74, 6) is 0. The normalized spacial score (nSPS) is 14.8. The summed E-state index contributed by atoms with van der Waals surface area (Å²) in [6.07, 6.45) is -7.84. The predicted molar refractivity (Wildman–Crippen MR) is 60.8 cm³/mol. The SMILES string of the molecule is N#Cc1ccc(C(O)C(O)CCN)c(C(F)(F)F)c1. The Kier molecular flexibility index (Phi) is 4.89. The second-order valence-corrected chi connectivity index (χ2v) is 4.00. The first-order valence-electron chi connectivity index (χ1n) is 5.48. The Morgan fingerprint density at radius 1 is 1.32 bits per heavy atom. The third-order valence-corrected chi connectivity index (χ3v) is 2.63. The summed E-state index contributed by atoms with van der Waals surface area (Å²) in [6, 6.07) is 4.39. The molecule has 2 unspecified atom stereocenters. The fraction of sp³-hybridized carbons (Fsp3) is 0.417. The zero-order valence-electron chi connectivity index (χ0n) is 9.85. The van der Waals surface area contributed by atoms with Crippen molar-refractivity contribution in [3.8, 4) is 6.07 Å². The smallest absolute Gasteiger partial charge is 0.390 e. The predicted octanol–water partition coefficient (Wildman–Crippen LogP) is 1.32. The highest BCUT2D eigenvalue weighted by molar-refractivity contribution is 5.41. The average molecular weight is 274 g/mol. The number of aliphatic hydroxyl groups excluding tert-OH is 2. The lowest BCUT2D eigenvalue weighted by Gasteiger charge is -2.21. The molecule has 0 fully saturated rings. The highest BCUT2D eigenvalue weighted by atomic mass is 19.4. The Labute approximate surface area is 107 Å². The minimum atomic E-state index is -4.72. The van der Waals surface area contributed by atoms with E-state index in [9.17, 15) is 23.4 Å². The number of benzene rings is 1. The molecule has 0 bridgehead atoms. The Balaban J connectivity index is 3.24. The summed E-state index contributed by atoms with van der Waals surface area (Å²) in [5, 5.41) is 27.9. The molecule has 0 aliphatic heterocycles. The molecular formula is C12H13F3N2O2. The van der Waals surface area contributed by atoms with Gasteiger partial charge in [-0.05, 0) is 30.7 Å². The lowest BCUT2D eigenvalue weighted by atomic mass is 9.95. The molecule has 1 aromatic carbocycles. The quantitative estimate of drug-likeness (QED) is 0.772. The summed E-state index contributed by atoms with van der Waals surface area (Å²) in [4.78, 5) is 0. The van der Waals surface area contributed by atoms with Crippen molar-refractivity contribution < 1.29 is 23.4 Å². The molecule has 4 nitrogen and oxygen atoms in total. The first-order valence-corrected chi connectivity index (χ1v) is 5.48. The van der Waals surface area contributed by atoms with Crippen molar-refractivity contribution in [2.75, 3.05) is 6.54 Å². The average Bonchev–Trinajstić information content (AvgIpc) is 2.36. The van der Waals surface area contributed by atoms with Gasteiger partial charge in [0.1, 0.15) is 6.10 Å². The lowest BCUT2D eigenvalue weighted by molar-refractivity contribution is -0.140. The maximum atomic E-state index is 12.8. The van der Waals surface area contributed by atoms with E-state index in [0.29, 0.717) is 6.07 Å². The molecule has 0 saturated carbocycles. The Morgan fingerprint density at radius 3 is 2.42 bits per heavy atom. The number of aliphatic hydroxyl groups is 2. The Morgan fingerprint density at radius 2 is 1.95 bits per heavy atom. The van der Waals surface area contributed by atoms with Crippen molar-refractivity contribution in [3.63, 3.8) is 0 Å². The highest BCUT2D eigenvalue weighted by Gasteiger charge is 2.36. The van der Waals surface area contributed by atoms with Crippen molar-refractivity contribution in [2.45, 2.75) is 24.8 Å². The van der Waals surface area contributed by atoms with Crippen molar-refractivity contribution in [1.29, 1.82) is 5.26 Å². The van der Waals surface area contributed by atoms with Crippen LogP contribution in [0.25, 0.3) is 0 Å². The molecule has 2 atom stereocenters. The van der Waals surface area contributed by atoms with Crippen LogP contribution < -0.4 is 5.73 Å². The number of hydrogen-bond acceptors (Lipinski definition) is 4. The third-order valence-electron chi connectivity index (χ3n) is 2.63. The Hall–Kier alpha value is -1.62. The van der Waals surface area contributed by atoms with Gasteiger partial charge in [-0.25, -0.2) is 0 Å². The van der Waals surface area contributed by atoms with Gasteiger partial charge in [0.2, 0.25) is 0 Å². The molecule has 0 aliphatic carbocycles. The van der Waals surface area contributed by atoms with Crippen LogP contribution >= 0.6 is 0 Å². The number of alkyl halides is 3. The number of nitriles is 1. The van der Waals surface area contributed by atoms with Gasteiger partial charge < -0.3 is 15.9 Å². The molecular weight excluding hydrogens is 261 g/mol. The van der Waals surface area contributed by atoms with Gasteiger partial charge >= 0.3 is 6.18 Å². The van der Waals surface area contributed by atoms with Crippen LogP contribution in [0, 0.1) is 11.3 Å². The molecule has 0 radical (unpaired) electrons. The van der Waals surface area contributed by atoms with E-state index in [1.807, 2.05) is 0 Å². The second-order valence-electron chi connectivity index (χ2n) is 4.00. The molecule has 0 saturated heterocycles. The topological polar surface area (TPSA) is 90.3 Å². The van der Waals surface area contributed by atoms with Crippen LogP contribution in [0.1, 0.15) is 29.2 Å². The molecule has 1 rings (SSSR count). The minimum absolute atomic E-state index is 0.0293. The van der Waals surface area contributed by atoms with Crippen LogP contribution in [0.2, 0.25) is 0 Å². The maximum absolute atomic E-state index is 12.8. The van der Waals surface area contributed by atoms with Gasteiger partial charge in [-0.3, -0.25) is 0 Å². The van der Waals surface area contributed by atoms with E-state index in [-0.39, 0.29) is 18.5 Å². The summed E-state index contributed by atoms with van der Waals surface area (Å²) < 4.78 is 38.5. The van der Waals surface area contributed by atoms with Gasteiger partial charge in [0, 0.05) is 0 Å². The molecule has 19 heavy (non-hydrogen) atoms. The number of halogens is 3. The van der Waals surface area contributed by atoms with Crippen molar-refractivity contribution in [2.24, 2.45) is 5.73 Å². The van der Waals surface area contributed by atoms with Crippen molar-refractivity contribution in [3.05, 3.63) is 34.9 Å². The molecule has 0 aromatic heterocycles. The largest absolute Gasteiger partial charge is 0.416 e. The monoisotopic (exact) mass is 274 g/mol. The van der Waals surface area contributed by atoms with Crippen LogP contribution in [-0.4, -0.2) is 22.9 Å². The zero-order chi connectivity index (χ0) is 14.6. The maximum Gasteiger partial charge on any atom is 0.416 e. The lowest BCUT2D eigenvalue weighted by Crippen LogP contribution is -2.24. The van der Waals surface area contributed by atoms with Gasteiger partial charge in [0.15, 0.2) is 0 Å². The fourth-order valence-electron chi connectivity index (χ4n) is 1.67. The molecule has 0 amide bonds. The zero-order valence-corrected chi connectivity index (χ0v) is 9.85. The molecule has 104 valence electrons. The van der Waals surface area contributed by atoms with E-state index in [1.165, 1.54) is 0 Å². The van der Waals surface area contributed by atoms with Gasteiger partial charge in [0.05, 0.1) is 23.3 Å². The van der Waals surface area contributed by atoms with Gasteiger partial charge in [-0.15, -0.1) is 0 Å². The van der Waals surface area contributed by atoms with E-state index in [4.69, 9.17) is 11.0 Å². The van der Waals surface area contributed by atoms with Gasteiger partial charge in [-0.2, -0.15) is 18.4 Å². The number of rotatable bonds is 4. The van der Waals surface area contributed by atoms with E-state index in [0.717, 1.165) is 12.1 Å². The van der Waals surface area contributed by atoms with Crippen LogP contribution in [-0.2, 0) is 6.18 Å². The fourth-order valence-corrected chi connectivity index (χ4v) is 1.67.